The fourth-order valence-corrected chi connectivity index (χ4v) is 1.90. The van der Waals surface area contributed by atoms with E-state index >= 15 is 0 Å². The molecule has 1 aromatic rings. The summed E-state index contributed by atoms with van der Waals surface area (Å²) in [6.45, 7) is 10.4. The first kappa shape index (κ1) is 14.2. The quantitative estimate of drug-likeness (QED) is 0.743. The van der Waals surface area contributed by atoms with Gasteiger partial charge in [-0.05, 0) is 50.4 Å². The molecule has 0 saturated heterocycles. The predicted octanol–water partition coefficient (Wildman–Crippen LogP) is 2.97. The lowest BCUT2D eigenvalue weighted by atomic mass is 9.99. The number of hydrogen-bond donors (Lipinski definition) is 2. The van der Waals surface area contributed by atoms with Crippen LogP contribution in [0.2, 0.25) is 0 Å². The lowest BCUT2D eigenvalue weighted by Gasteiger charge is -2.15. The van der Waals surface area contributed by atoms with Gasteiger partial charge < -0.3 is 10.4 Å². The molecule has 17 heavy (non-hydrogen) atoms. The Morgan fingerprint density at radius 3 is 2.59 bits per heavy atom. The highest BCUT2D eigenvalue weighted by molar-refractivity contribution is 5.32. The molecule has 0 aliphatic carbocycles. The third kappa shape index (κ3) is 4.88. The lowest BCUT2D eigenvalue weighted by molar-refractivity contribution is 0.165. The molecule has 2 nitrogen and oxygen atoms in total. The number of aryl methyl sites for hydroxylation is 2. The summed E-state index contributed by atoms with van der Waals surface area (Å²) in [6, 6.07) is 6.25. The third-order valence-electron chi connectivity index (χ3n) is 2.94. The molecular weight excluding hydrogens is 210 g/mol. The molecule has 0 aromatic heterocycles. The van der Waals surface area contributed by atoms with E-state index in [1.54, 1.807) is 0 Å². The fraction of sp³-hybridized carbons (Fsp3) is 0.600. The normalized spacial score (nSPS) is 13.1. The van der Waals surface area contributed by atoms with E-state index in [1.165, 1.54) is 11.1 Å². The van der Waals surface area contributed by atoms with Crippen LogP contribution in [-0.2, 0) is 0 Å². The van der Waals surface area contributed by atoms with Gasteiger partial charge in [0.25, 0.3) is 0 Å². The molecule has 1 unspecified atom stereocenters. The Hall–Kier alpha value is -0.860. The smallest absolute Gasteiger partial charge is 0.0804 e. The molecule has 0 radical (unpaired) electrons. The fourth-order valence-electron chi connectivity index (χ4n) is 1.90. The minimum atomic E-state index is -0.352. The molecule has 1 rings (SSSR count). The van der Waals surface area contributed by atoms with E-state index in [4.69, 9.17) is 0 Å². The Morgan fingerprint density at radius 2 is 1.94 bits per heavy atom. The van der Waals surface area contributed by atoms with Gasteiger partial charge in [0, 0.05) is 0 Å². The van der Waals surface area contributed by atoms with Gasteiger partial charge in [-0.3, -0.25) is 0 Å². The van der Waals surface area contributed by atoms with Crippen LogP contribution in [0.1, 0.15) is 43.1 Å². The summed E-state index contributed by atoms with van der Waals surface area (Å²) < 4.78 is 0. The van der Waals surface area contributed by atoms with Crippen molar-refractivity contribution in [3.05, 3.63) is 34.9 Å². The molecule has 0 aliphatic heterocycles. The van der Waals surface area contributed by atoms with Gasteiger partial charge in [-0.2, -0.15) is 0 Å². The molecule has 0 amide bonds. The molecule has 2 N–H and O–H groups in total. The van der Waals surface area contributed by atoms with E-state index < -0.39 is 0 Å². The van der Waals surface area contributed by atoms with E-state index in [1.807, 2.05) is 0 Å². The topological polar surface area (TPSA) is 32.3 Å². The van der Waals surface area contributed by atoms with Crippen LogP contribution in [-0.4, -0.2) is 18.2 Å². The van der Waals surface area contributed by atoms with Gasteiger partial charge in [-0.15, -0.1) is 0 Å². The Kier molecular flexibility index (Phi) is 5.66. The van der Waals surface area contributed by atoms with Crippen LogP contribution in [0.5, 0.6) is 0 Å². The Morgan fingerprint density at radius 1 is 1.24 bits per heavy atom. The second kappa shape index (κ2) is 6.77. The highest BCUT2D eigenvalue weighted by Gasteiger charge is 2.10. The van der Waals surface area contributed by atoms with Crippen LogP contribution in [0.4, 0.5) is 0 Å². The van der Waals surface area contributed by atoms with E-state index in [0.717, 1.165) is 25.1 Å². The average molecular weight is 235 g/mol. The van der Waals surface area contributed by atoms with Crippen LogP contribution in [0, 0.1) is 19.8 Å². The summed E-state index contributed by atoms with van der Waals surface area (Å²) >= 11 is 0. The van der Waals surface area contributed by atoms with Crippen LogP contribution < -0.4 is 5.32 Å². The zero-order valence-corrected chi connectivity index (χ0v) is 11.5. The number of nitrogens with one attached hydrogen (secondary N) is 1. The zero-order chi connectivity index (χ0) is 12.8. The van der Waals surface area contributed by atoms with Gasteiger partial charge in [0.2, 0.25) is 0 Å². The molecular formula is C15H25NO. The SMILES string of the molecule is Cc1ccc(C)c(C(O)CCNCC(C)C)c1. The van der Waals surface area contributed by atoms with Crippen molar-refractivity contribution < 1.29 is 5.11 Å². The molecule has 0 heterocycles. The first-order chi connectivity index (χ1) is 8.00. The number of aliphatic hydroxyl groups is 1. The Bertz CT molecular complexity index is 347. The van der Waals surface area contributed by atoms with E-state index in [-0.39, 0.29) is 6.10 Å². The molecule has 1 atom stereocenters. The number of aliphatic hydroxyl groups excluding tert-OH is 1. The van der Waals surface area contributed by atoms with E-state index in [9.17, 15) is 5.11 Å². The number of rotatable bonds is 6. The molecule has 96 valence electrons. The van der Waals surface area contributed by atoms with Crippen LogP contribution >= 0.6 is 0 Å². The van der Waals surface area contributed by atoms with Crippen molar-refractivity contribution in [2.75, 3.05) is 13.1 Å². The minimum absolute atomic E-state index is 0.352. The summed E-state index contributed by atoms with van der Waals surface area (Å²) in [4.78, 5) is 0. The zero-order valence-electron chi connectivity index (χ0n) is 11.5. The first-order valence-electron chi connectivity index (χ1n) is 6.46. The van der Waals surface area contributed by atoms with Crippen molar-refractivity contribution in [3.8, 4) is 0 Å². The monoisotopic (exact) mass is 235 g/mol. The second-order valence-electron chi connectivity index (χ2n) is 5.26. The maximum absolute atomic E-state index is 10.2. The molecule has 0 aliphatic rings. The number of benzene rings is 1. The van der Waals surface area contributed by atoms with Crippen LogP contribution in [0.15, 0.2) is 18.2 Å². The van der Waals surface area contributed by atoms with Crippen molar-refractivity contribution >= 4 is 0 Å². The second-order valence-corrected chi connectivity index (χ2v) is 5.26. The van der Waals surface area contributed by atoms with Crippen molar-refractivity contribution in [2.24, 2.45) is 5.92 Å². The standard InChI is InChI=1S/C15H25NO/c1-11(2)10-16-8-7-15(17)14-9-12(3)5-6-13(14)4/h5-6,9,11,15-17H,7-8,10H2,1-4H3. The molecule has 0 spiro atoms. The van der Waals surface area contributed by atoms with E-state index in [2.05, 4.69) is 51.2 Å². The summed E-state index contributed by atoms with van der Waals surface area (Å²) in [6.07, 6.45) is 0.423. The van der Waals surface area contributed by atoms with Gasteiger partial charge in [0.05, 0.1) is 6.10 Å². The summed E-state index contributed by atoms with van der Waals surface area (Å²) in [5, 5.41) is 13.5. The van der Waals surface area contributed by atoms with Gasteiger partial charge in [-0.1, -0.05) is 37.6 Å². The van der Waals surface area contributed by atoms with E-state index in [0.29, 0.717) is 5.92 Å². The lowest BCUT2D eigenvalue weighted by Crippen LogP contribution is -2.22. The Balaban J connectivity index is 2.46. The largest absolute Gasteiger partial charge is 0.388 e. The van der Waals surface area contributed by atoms with Gasteiger partial charge in [0.1, 0.15) is 0 Å². The summed E-state index contributed by atoms with van der Waals surface area (Å²) in [7, 11) is 0. The minimum Gasteiger partial charge on any atom is -0.388 e. The van der Waals surface area contributed by atoms with Gasteiger partial charge in [0.15, 0.2) is 0 Å². The van der Waals surface area contributed by atoms with Gasteiger partial charge >= 0.3 is 0 Å². The third-order valence-corrected chi connectivity index (χ3v) is 2.94. The number of hydrogen-bond acceptors (Lipinski definition) is 2. The predicted molar refractivity (Wildman–Crippen MR) is 73.2 cm³/mol. The molecule has 1 aromatic carbocycles. The summed E-state index contributed by atoms with van der Waals surface area (Å²) in [5.74, 6) is 0.660. The van der Waals surface area contributed by atoms with Gasteiger partial charge in [-0.25, -0.2) is 0 Å². The maximum Gasteiger partial charge on any atom is 0.0804 e. The molecule has 0 fully saturated rings. The van der Waals surface area contributed by atoms with Crippen molar-refractivity contribution in [3.63, 3.8) is 0 Å². The van der Waals surface area contributed by atoms with Crippen LogP contribution in [0.3, 0.4) is 0 Å². The Labute approximate surface area is 105 Å². The van der Waals surface area contributed by atoms with Crippen molar-refractivity contribution in [1.82, 2.24) is 5.32 Å². The molecule has 0 bridgehead atoms. The highest BCUT2D eigenvalue weighted by atomic mass is 16.3. The average Bonchev–Trinajstić information content (AvgIpc) is 2.27. The highest BCUT2D eigenvalue weighted by Crippen LogP contribution is 2.21. The van der Waals surface area contributed by atoms with Crippen molar-refractivity contribution in [2.45, 2.75) is 40.2 Å². The van der Waals surface area contributed by atoms with Crippen molar-refractivity contribution in [1.29, 1.82) is 0 Å². The molecule has 0 saturated carbocycles. The van der Waals surface area contributed by atoms with Crippen LogP contribution in [0.25, 0.3) is 0 Å². The first-order valence-corrected chi connectivity index (χ1v) is 6.46. The maximum atomic E-state index is 10.2. The molecule has 2 heteroatoms. The summed E-state index contributed by atoms with van der Waals surface area (Å²) in [5.41, 5.74) is 3.45.